The van der Waals surface area contributed by atoms with Crippen molar-refractivity contribution in [1.82, 2.24) is 0 Å². The van der Waals surface area contributed by atoms with Gasteiger partial charge in [0.05, 0.1) is 7.11 Å². The van der Waals surface area contributed by atoms with Gasteiger partial charge in [0.25, 0.3) is 0 Å². The Labute approximate surface area is 156 Å². The molecule has 0 aliphatic carbocycles. The Morgan fingerprint density at radius 3 is 2.52 bits per heavy atom. The van der Waals surface area contributed by atoms with Crippen LogP contribution >= 0.6 is 0 Å². The average molecular weight is 323 g/mol. The van der Waals surface area contributed by atoms with Crippen molar-refractivity contribution in [3.05, 3.63) is 59.7 Å². The Bertz CT molecular complexity index is 674. The minimum absolute atomic E-state index is 0. The van der Waals surface area contributed by atoms with E-state index in [0.717, 1.165) is 11.1 Å². The Hall–Kier alpha value is -1.53. The van der Waals surface area contributed by atoms with Crippen LogP contribution in [0.3, 0.4) is 0 Å². The van der Waals surface area contributed by atoms with E-state index in [0.29, 0.717) is 18.1 Å². The minimum Gasteiger partial charge on any atom is -0.493 e. The van der Waals surface area contributed by atoms with Crippen molar-refractivity contribution in [2.45, 2.75) is 18.8 Å². The summed E-state index contributed by atoms with van der Waals surface area (Å²) in [5, 5.41) is 8.93. The van der Waals surface area contributed by atoms with Gasteiger partial charge in [0.15, 0.2) is 17.6 Å². The van der Waals surface area contributed by atoms with Crippen LogP contribution in [0.1, 0.15) is 17.2 Å². The van der Waals surface area contributed by atoms with Gasteiger partial charge in [0.2, 0.25) is 0 Å². The van der Waals surface area contributed by atoms with Crippen molar-refractivity contribution < 1.29 is 24.1 Å². The summed E-state index contributed by atoms with van der Waals surface area (Å²) in [7, 11) is 1.57. The van der Waals surface area contributed by atoms with E-state index in [1.165, 1.54) is 0 Å². The maximum atomic E-state index is 10.9. The van der Waals surface area contributed by atoms with Crippen molar-refractivity contribution in [2.75, 3.05) is 7.11 Å². The monoisotopic (exact) mass is 323 g/mol. The van der Waals surface area contributed by atoms with Crippen LogP contribution in [0, 0.1) is 0 Å². The van der Waals surface area contributed by atoms with Crippen LogP contribution in [0.4, 0.5) is 0 Å². The van der Waals surface area contributed by atoms with Crippen LogP contribution in [0.2, 0.25) is 0 Å². The van der Waals surface area contributed by atoms with Crippen LogP contribution in [0.15, 0.2) is 48.5 Å². The maximum Gasteiger partial charge on any atom is 0.335 e. The van der Waals surface area contributed by atoms with E-state index >= 15 is 0 Å². The molecule has 1 aliphatic heterocycles. The van der Waals surface area contributed by atoms with E-state index in [-0.39, 0.29) is 29.6 Å². The summed E-state index contributed by atoms with van der Waals surface area (Å²) >= 11 is 0. The number of rotatable bonds is 6. The number of methoxy groups -OCH3 is 1. The van der Waals surface area contributed by atoms with Gasteiger partial charge in [-0.15, -0.1) is 0 Å². The molecule has 1 radical (unpaired) electrons. The molecule has 1 aliphatic rings. The molecule has 115 valence electrons. The summed E-state index contributed by atoms with van der Waals surface area (Å²) in [6.07, 6.45) is -1.18. The fourth-order valence-electron chi connectivity index (χ4n) is 2.27. The Balaban J connectivity index is 0.00000192. The number of carbonyl (C=O) groups is 1. The molecule has 1 heterocycles. The Morgan fingerprint density at radius 2 is 1.91 bits per heavy atom. The largest absolute Gasteiger partial charge is 0.493 e. The third-order valence-electron chi connectivity index (χ3n) is 3.49. The first-order valence-electron chi connectivity index (χ1n) is 6.92. The van der Waals surface area contributed by atoms with E-state index in [1.807, 2.05) is 30.3 Å². The zero-order valence-electron chi connectivity index (χ0n) is 13.1. The van der Waals surface area contributed by atoms with Gasteiger partial charge in [-0.05, 0) is 23.3 Å². The summed E-state index contributed by atoms with van der Waals surface area (Å²) in [6, 6.07) is 15.1. The van der Waals surface area contributed by atoms with Crippen LogP contribution in [-0.2, 0) is 16.1 Å². The molecule has 2 unspecified atom stereocenters. The van der Waals surface area contributed by atoms with Crippen LogP contribution in [0.5, 0.6) is 11.5 Å². The molecule has 0 spiro atoms. The normalized spacial score (nSPS) is 18.7. The van der Waals surface area contributed by atoms with E-state index in [2.05, 4.69) is 0 Å². The molecule has 3 rings (SSSR count). The number of hydrogen-bond acceptors (Lipinski definition) is 4. The molecule has 5 nitrogen and oxygen atoms in total. The fourth-order valence-corrected chi connectivity index (χ4v) is 2.27. The second-order valence-corrected chi connectivity index (χ2v) is 5.00. The van der Waals surface area contributed by atoms with Crippen molar-refractivity contribution in [2.24, 2.45) is 0 Å². The molecule has 1 fully saturated rings. The number of aliphatic carboxylic acids is 1. The maximum absolute atomic E-state index is 10.9. The first-order chi connectivity index (χ1) is 10.7. The summed E-state index contributed by atoms with van der Waals surface area (Å²) < 4.78 is 16.2. The zero-order valence-corrected chi connectivity index (χ0v) is 15.1. The molecule has 2 aromatic carbocycles. The van der Waals surface area contributed by atoms with E-state index in [4.69, 9.17) is 19.3 Å². The molecule has 2 atom stereocenters. The number of benzene rings is 2. The zero-order chi connectivity index (χ0) is 15.5. The molecule has 0 bridgehead atoms. The van der Waals surface area contributed by atoms with Gasteiger partial charge < -0.3 is 19.3 Å². The van der Waals surface area contributed by atoms with Gasteiger partial charge in [0, 0.05) is 29.6 Å². The van der Waals surface area contributed by atoms with Crippen LogP contribution in [0.25, 0.3) is 0 Å². The topological polar surface area (TPSA) is 68.3 Å². The van der Waals surface area contributed by atoms with Gasteiger partial charge in [-0.1, -0.05) is 36.4 Å². The summed E-state index contributed by atoms with van der Waals surface area (Å²) in [5.41, 5.74) is 1.82. The molecular formula is C17H16NaO5. The third kappa shape index (κ3) is 4.26. The van der Waals surface area contributed by atoms with E-state index in [1.54, 1.807) is 25.3 Å². The molecule has 1 saturated heterocycles. The van der Waals surface area contributed by atoms with Crippen molar-refractivity contribution >= 4 is 35.5 Å². The van der Waals surface area contributed by atoms with Gasteiger partial charge in [-0.2, -0.15) is 0 Å². The quantitative estimate of drug-likeness (QED) is 0.653. The second kappa shape index (κ2) is 7.84. The van der Waals surface area contributed by atoms with Crippen molar-refractivity contribution in [3.8, 4) is 11.5 Å². The molecule has 0 amide bonds. The number of ether oxygens (including phenoxy) is 3. The number of epoxide rings is 1. The molecule has 23 heavy (non-hydrogen) atoms. The van der Waals surface area contributed by atoms with Crippen LogP contribution in [-0.4, -0.2) is 53.8 Å². The fraction of sp³-hybridized carbons (Fsp3) is 0.235. The van der Waals surface area contributed by atoms with Crippen LogP contribution < -0.4 is 9.47 Å². The molecule has 0 aromatic heterocycles. The number of carboxylic acids is 1. The van der Waals surface area contributed by atoms with E-state index < -0.39 is 18.2 Å². The third-order valence-corrected chi connectivity index (χ3v) is 3.49. The number of carboxylic acid groups (broad SMARTS) is 1. The van der Waals surface area contributed by atoms with Gasteiger partial charge in [0.1, 0.15) is 12.7 Å². The molecule has 2 aromatic rings. The molecular weight excluding hydrogens is 307 g/mol. The smallest absolute Gasteiger partial charge is 0.335 e. The Kier molecular flexibility index (Phi) is 6.07. The first-order valence-corrected chi connectivity index (χ1v) is 6.92. The average Bonchev–Trinajstić information content (AvgIpc) is 3.34. The molecule has 1 N–H and O–H groups in total. The first kappa shape index (κ1) is 17.8. The predicted molar refractivity (Wildman–Crippen MR) is 84.8 cm³/mol. The number of hydrogen-bond donors (Lipinski definition) is 1. The molecule has 6 heteroatoms. The SMILES string of the molecule is COc1ccc(C2OC2C(=O)O)cc1OCc1ccccc1.[Na]. The van der Waals surface area contributed by atoms with Gasteiger partial charge in [-0.3, -0.25) is 0 Å². The predicted octanol–water partition coefficient (Wildman–Crippen LogP) is 2.42. The Morgan fingerprint density at radius 1 is 1.17 bits per heavy atom. The van der Waals surface area contributed by atoms with Gasteiger partial charge in [-0.25, -0.2) is 4.79 Å². The summed E-state index contributed by atoms with van der Waals surface area (Å²) in [6.45, 7) is 0.411. The van der Waals surface area contributed by atoms with Crippen molar-refractivity contribution in [1.29, 1.82) is 0 Å². The van der Waals surface area contributed by atoms with Gasteiger partial charge >= 0.3 is 5.97 Å². The standard InChI is InChI=1S/C17H16O5.Na/c1-20-13-8-7-12(15-16(22-15)17(18)19)9-14(13)21-10-11-5-3-2-4-6-11;/h2-9,15-16H,10H2,1H3,(H,18,19);. The summed E-state index contributed by atoms with van der Waals surface area (Å²) in [4.78, 5) is 10.9. The second-order valence-electron chi connectivity index (χ2n) is 5.00. The van der Waals surface area contributed by atoms with E-state index in [9.17, 15) is 4.79 Å². The summed E-state index contributed by atoms with van der Waals surface area (Å²) in [5.74, 6) is 0.225. The minimum atomic E-state index is -0.951. The molecule has 0 saturated carbocycles. The van der Waals surface area contributed by atoms with Crippen molar-refractivity contribution in [3.63, 3.8) is 0 Å².